The Balaban J connectivity index is 1.47. The highest BCUT2D eigenvalue weighted by atomic mass is 35.5. The number of methoxy groups -OCH3 is 1. The lowest BCUT2D eigenvalue weighted by molar-refractivity contribution is -0.122. The number of nitrogens with one attached hydrogen (secondary N) is 2. The molecular formula is C27H22Cl2N8O5. The number of esters is 1. The Labute approximate surface area is 248 Å². The van der Waals surface area contributed by atoms with Crippen LogP contribution in [0.2, 0.25) is 10.2 Å². The summed E-state index contributed by atoms with van der Waals surface area (Å²) in [5.74, 6) is -1.08. The number of nitrogens with zero attached hydrogens (tertiary/aromatic N) is 6. The van der Waals surface area contributed by atoms with E-state index < -0.39 is 17.9 Å². The Hall–Kier alpha value is -4.88. The third kappa shape index (κ3) is 6.53. The fourth-order valence-corrected chi connectivity index (χ4v) is 4.64. The minimum absolute atomic E-state index is 0.00217. The zero-order valence-corrected chi connectivity index (χ0v) is 23.5. The Morgan fingerprint density at radius 3 is 2.81 bits per heavy atom. The number of amides is 2. The van der Waals surface area contributed by atoms with Crippen LogP contribution in [-0.4, -0.2) is 68.4 Å². The van der Waals surface area contributed by atoms with Crippen LogP contribution in [0.1, 0.15) is 33.9 Å². The number of hydrogen-bond acceptors (Lipinski definition) is 10. The molecule has 4 aromatic rings. The Kier molecular flexibility index (Phi) is 8.69. The van der Waals surface area contributed by atoms with Gasteiger partial charge in [-0.05, 0) is 59.0 Å². The smallest absolute Gasteiger partial charge is 0.337 e. The Morgan fingerprint density at radius 1 is 1.17 bits per heavy atom. The Bertz CT molecular complexity index is 1680. The van der Waals surface area contributed by atoms with Crippen LogP contribution in [0.4, 0.5) is 0 Å². The zero-order valence-electron chi connectivity index (χ0n) is 22.0. The maximum Gasteiger partial charge on any atom is 0.337 e. The van der Waals surface area contributed by atoms with Gasteiger partial charge in [-0.25, -0.2) is 4.79 Å². The zero-order chi connectivity index (χ0) is 29.6. The average Bonchev–Trinajstić information content (AvgIpc) is 3.52. The third-order valence-corrected chi connectivity index (χ3v) is 6.75. The van der Waals surface area contributed by atoms with E-state index in [9.17, 15) is 14.4 Å². The molecule has 2 aromatic heterocycles. The first kappa shape index (κ1) is 28.6. The molecule has 1 atom stereocenters. The van der Waals surface area contributed by atoms with Gasteiger partial charge in [-0.3, -0.25) is 9.59 Å². The van der Waals surface area contributed by atoms with Crippen molar-refractivity contribution in [3.63, 3.8) is 0 Å². The molecule has 0 saturated carbocycles. The monoisotopic (exact) mass is 608 g/mol. The van der Waals surface area contributed by atoms with Gasteiger partial charge in [0.15, 0.2) is 5.15 Å². The van der Waals surface area contributed by atoms with Gasteiger partial charge in [0.1, 0.15) is 18.7 Å². The molecule has 3 heterocycles. The molecule has 1 unspecified atom stereocenters. The molecule has 0 fully saturated rings. The second-order valence-corrected chi connectivity index (χ2v) is 9.73. The van der Waals surface area contributed by atoms with Crippen LogP contribution < -0.4 is 15.4 Å². The van der Waals surface area contributed by atoms with E-state index >= 15 is 0 Å². The molecule has 1 aliphatic heterocycles. The van der Waals surface area contributed by atoms with E-state index in [4.69, 9.17) is 32.7 Å². The van der Waals surface area contributed by atoms with E-state index in [2.05, 4.69) is 36.4 Å². The molecule has 0 saturated heterocycles. The lowest BCUT2D eigenvalue weighted by Crippen LogP contribution is -2.35. The normalized spacial score (nSPS) is 15.0. The van der Waals surface area contributed by atoms with Gasteiger partial charge >= 0.3 is 5.97 Å². The highest BCUT2D eigenvalue weighted by molar-refractivity contribution is 6.31. The predicted octanol–water partition coefficient (Wildman–Crippen LogP) is 2.98. The van der Waals surface area contributed by atoms with Crippen molar-refractivity contribution < 1.29 is 23.9 Å². The number of carbonyl (C=O) groups excluding carboxylic acids is 3. The molecule has 15 heteroatoms. The molecule has 0 spiro atoms. The highest BCUT2D eigenvalue weighted by Crippen LogP contribution is 2.34. The maximum atomic E-state index is 13.1. The number of ether oxygens (including phenoxy) is 2. The molecule has 2 aromatic carbocycles. The van der Waals surface area contributed by atoms with Crippen molar-refractivity contribution in [3.05, 3.63) is 81.7 Å². The van der Waals surface area contributed by atoms with Crippen LogP contribution in [-0.2, 0) is 14.3 Å². The number of rotatable bonds is 5. The van der Waals surface area contributed by atoms with Gasteiger partial charge in [0.2, 0.25) is 11.8 Å². The molecule has 0 radical (unpaired) electrons. The van der Waals surface area contributed by atoms with Crippen molar-refractivity contribution in [1.29, 1.82) is 0 Å². The molecule has 42 heavy (non-hydrogen) atoms. The summed E-state index contributed by atoms with van der Waals surface area (Å²) < 4.78 is 12.1. The van der Waals surface area contributed by atoms with Crippen molar-refractivity contribution in [2.45, 2.75) is 12.5 Å². The Morgan fingerprint density at radius 2 is 2.02 bits per heavy atom. The molecule has 2 amide bonds. The largest absolute Gasteiger partial charge is 0.491 e. The summed E-state index contributed by atoms with van der Waals surface area (Å²) in [6.07, 6.45) is 4.14. The van der Waals surface area contributed by atoms with Crippen molar-refractivity contribution >= 4 is 47.1 Å². The van der Waals surface area contributed by atoms with Crippen molar-refractivity contribution in [3.8, 4) is 22.7 Å². The van der Waals surface area contributed by atoms with E-state index in [0.717, 1.165) is 0 Å². The minimum atomic E-state index is -0.861. The summed E-state index contributed by atoms with van der Waals surface area (Å²) in [6, 6.07) is 10.5. The van der Waals surface area contributed by atoms with Gasteiger partial charge in [-0.2, -0.15) is 4.68 Å². The first-order valence-electron chi connectivity index (χ1n) is 12.5. The fraction of sp³-hybridized carbons (Fsp3) is 0.185. The first-order valence-corrected chi connectivity index (χ1v) is 13.2. The summed E-state index contributed by atoms with van der Waals surface area (Å²) in [7, 11) is 1.28. The molecular weight excluding hydrogens is 587 g/mol. The number of benzene rings is 2. The topological polar surface area (TPSA) is 163 Å². The van der Waals surface area contributed by atoms with Crippen LogP contribution in [0.3, 0.4) is 0 Å². The molecule has 5 rings (SSSR count). The van der Waals surface area contributed by atoms with Crippen molar-refractivity contribution in [2.75, 3.05) is 20.3 Å². The number of carbonyl (C=O) groups is 3. The van der Waals surface area contributed by atoms with Crippen LogP contribution in [0.25, 0.3) is 23.0 Å². The van der Waals surface area contributed by atoms with E-state index in [0.29, 0.717) is 38.8 Å². The van der Waals surface area contributed by atoms with Gasteiger partial charge in [-0.15, -0.1) is 15.3 Å². The van der Waals surface area contributed by atoms with E-state index in [1.54, 1.807) is 42.5 Å². The number of tetrazole rings is 1. The third-order valence-electron chi connectivity index (χ3n) is 6.22. The quantitative estimate of drug-likeness (QED) is 0.254. The van der Waals surface area contributed by atoms with Crippen LogP contribution in [0.15, 0.2) is 54.9 Å². The molecule has 214 valence electrons. The fourth-order valence-electron chi connectivity index (χ4n) is 4.24. The summed E-state index contributed by atoms with van der Waals surface area (Å²) in [6.45, 7) is 0.281. The van der Waals surface area contributed by atoms with Gasteiger partial charge < -0.3 is 20.1 Å². The summed E-state index contributed by atoms with van der Waals surface area (Å²) in [4.78, 5) is 38.0. The number of hydrogen-bond donors (Lipinski definition) is 2. The van der Waals surface area contributed by atoms with Crippen LogP contribution >= 0.6 is 23.2 Å². The van der Waals surface area contributed by atoms with Crippen molar-refractivity contribution in [2.24, 2.45) is 0 Å². The second kappa shape index (κ2) is 12.7. The van der Waals surface area contributed by atoms with Crippen LogP contribution in [0.5, 0.6) is 5.75 Å². The SMILES string of the molecule is COC(=O)c1ccc2c(c1)OCCNC(=O)CC(NC(=O)C=Cc1cc(Cl)ccc1-n1cnnn1)c1cc-2nnc1Cl. The summed E-state index contributed by atoms with van der Waals surface area (Å²) in [5.41, 5.74) is 2.70. The first-order chi connectivity index (χ1) is 20.3. The van der Waals surface area contributed by atoms with Gasteiger partial charge in [0.25, 0.3) is 0 Å². The van der Waals surface area contributed by atoms with Crippen LogP contribution in [0, 0.1) is 0 Å². The number of halogens is 2. The molecule has 2 bridgehead atoms. The number of fused-ring (bicyclic) bond motifs is 4. The summed E-state index contributed by atoms with van der Waals surface area (Å²) in [5, 5.41) is 25.5. The minimum Gasteiger partial charge on any atom is -0.491 e. The van der Waals surface area contributed by atoms with E-state index in [-0.39, 0.29) is 36.2 Å². The second-order valence-electron chi connectivity index (χ2n) is 8.93. The molecule has 1 aliphatic rings. The highest BCUT2D eigenvalue weighted by Gasteiger charge is 2.24. The van der Waals surface area contributed by atoms with Crippen molar-refractivity contribution in [1.82, 2.24) is 41.0 Å². The molecule has 2 N–H and O–H groups in total. The van der Waals surface area contributed by atoms with Gasteiger partial charge in [0, 0.05) is 27.8 Å². The molecule has 0 aliphatic carbocycles. The average molecular weight is 609 g/mol. The standard InChI is InChI=1S/C27H22Cl2N8O5/c1-41-27(40)16-2-5-18-21-12-19(26(29)34-33-21)20(13-25(39)30-8-9-42-23(18)11-16)32-24(38)7-3-15-10-17(28)4-6-22(15)37-14-31-35-36-37/h2-7,10-12,14,20H,8-9,13H2,1H3,(H,30,39)(H,32,38). The lowest BCUT2D eigenvalue weighted by Gasteiger charge is -2.21. The van der Waals surface area contributed by atoms with E-state index in [1.807, 2.05) is 0 Å². The van der Waals surface area contributed by atoms with E-state index in [1.165, 1.54) is 30.3 Å². The maximum absolute atomic E-state index is 13.1. The van der Waals surface area contributed by atoms with Gasteiger partial charge in [-0.1, -0.05) is 23.2 Å². The predicted molar refractivity (Wildman–Crippen MR) is 151 cm³/mol. The molecule has 13 nitrogen and oxygen atoms in total. The lowest BCUT2D eigenvalue weighted by atomic mass is 10.0. The number of aromatic nitrogens is 6. The summed E-state index contributed by atoms with van der Waals surface area (Å²) >= 11 is 12.6. The van der Waals surface area contributed by atoms with Gasteiger partial charge in [0.05, 0.1) is 43.1 Å².